The molecule has 2 heterocycles. The van der Waals surface area contributed by atoms with Crippen LogP contribution in [-0.2, 0) is 5.41 Å². The van der Waals surface area contributed by atoms with Gasteiger partial charge >= 0.3 is 0 Å². The van der Waals surface area contributed by atoms with Crippen molar-refractivity contribution >= 4 is 55.4 Å². The second-order valence-electron chi connectivity index (χ2n) is 16.0. The molecular weight excluding hydrogens is 667 g/mol. The Bertz CT molecular complexity index is 2950. The van der Waals surface area contributed by atoms with Crippen LogP contribution < -0.4 is 25.9 Å². The molecule has 0 fully saturated rings. The lowest BCUT2D eigenvalue weighted by Crippen LogP contribution is -2.57. The second-order valence-corrected chi connectivity index (χ2v) is 16.0. The quantitative estimate of drug-likeness (QED) is 0.135. The molecule has 9 aromatic rings. The molecule has 55 heavy (non-hydrogen) atoms. The lowest BCUT2D eigenvalue weighted by molar-refractivity contribution is 0.464. The molecule has 0 bridgehead atoms. The van der Waals surface area contributed by atoms with Gasteiger partial charge < -0.3 is 9.47 Å². The van der Waals surface area contributed by atoms with Crippen molar-refractivity contribution < 1.29 is 9.47 Å². The Morgan fingerprint density at radius 2 is 0.927 bits per heavy atom. The first kappa shape index (κ1) is 31.9. The van der Waals surface area contributed by atoms with E-state index in [0.717, 1.165) is 34.0 Å². The van der Waals surface area contributed by atoms with Gasteiger partial charge in [-0.05, 0) is 112 Å². The van der Waals surface area contributed by atoms with Gasteiger partial charge in [0, 0.05) is 5.46 Å². The lowest BCUT2D eigenvalue weighted by atomic mass is 9.34. The fourth-order valence-electron chi connectivity index (χ4n) is 9.10. The van der Waals surface area contributed by atoms with Crippen LogP contribution in [0.2, 0.25) is 0 Å². The molecule has 0 saturated carbocycles. The highest BCUT2D eigenvalue weighted by Gasteiger charge is 2.41. The van der Waals surface area contributed by atoms with Crippen LogP contribution in [0.4, 0.5) is 0 Å². The minimum atomic E-state index is 0.0137. The fourth-order valence-corrected chi connectivity index (χ4v) is 9.10. The Morgan fingerprint density at radius 1 is 0.400 bits per heavy atom. The standard InChI is InChI=1S/C52H37BO2/c1-52(2,3)36-27-28-46-44(31-36)53-43-21-10-11-22-45(43)54-47-29-35(30-48(55-46)51(47)53)50-41-18-8-6-16-39(41)49(40-17-7-9-19-42(40)50)34-25-23-33(24-26-34)38-20-12-14-32-13-4-5-15-37(32)38/h4-31H,1-3H3. The maximum atomic E-state index is 6.88. The van der Waals surface area contributed by atoms with Crippen molar-refractivity contribution in [1.82, 2.24) is 0 Å². The summed E-state index contributed by atoms with van der Waals surface area (Å²) < 4.78 is 13.7. The van der Waals surface area contributed by atoms with Crippen LogP contribution in [0.1, 0.15) is 26.3 Å². The third kappa shape index (κ3) is 4.96. The highest BCUT2D eigenvalue weighted by molar-refractivity contribution is 6.98. The lowest BCUT2D eigenvalue weighted by Gasteiger charge is -2.34. The molecule has 2 aliphatic rings. The van der Waals surface area contributed by atoms with Gasteiger partial charge in [-0.3, -0.25) is 0 Å². The van der Waals surface area contributed by atoms with E-state index in [1.807, 2.05) is 0 Å². The fraction of sp³-hybridized carbons (Fsp3) is 0.0769. The van der Waals surface area contributed by atoms with E-state index in [-0.39, 0.29) is 12.1 Å². The van der Waals surface area contributed by atoms with Gasteiger partial charge in [-0.2, -0.15) is 0 Å². The summed E-state index contributed by atoms with van der Waals surface area (Å²) in [5.74, 6) is 3.50. The van der Waals surface area contributed by atoms with Gasteiger partial charge in [-0.25, -0.2) is 0 Å². The minimum Gasteiger partial charge on any atom is -0.458 e. The molecule has 3 heteroatoms. The summed E-state index contributed by atoms with van der Waals surface area (Å²) in [6.07, 6.45) is 0. The zero-order chi connectivity index (χ0) is 36.8. The first-order valence-electron chi connectivity index (χ1n) is 19.2. The van der Waals surface area contributed by atoms with E-state index in [9.17, 15) is 0 Å². The Hall–Kier alpha value is -6.58. The Morgan fingerprint density at radius 3 is 1.58 bits per heavy atom. The van der Waals surface area contributed by atoms with E-state index in [1.165, 1.54) is 76.6 Å². The first-order chi connectivity index (χ1) is 26.9. The third-order valence-electron chi connectivity index (χ3n) is 11.7. The summed E-state index contributed by atoms with van der Waals surface area (Å²) in [7, 11) is 0. The summed E-state index contributed by atoms with van der Waals surface area (Å²) in [5, 5.41) is 7.34. The van der Waals surface area contributed by atoms with E-state index in [2.05, 4.69) is 191 Å². The van der Waals surface area contributed by atoms with Crippen molar-refractivity contribution in [2.24, 2.45) is 0 Å². The van der Waals surface area contributed by atoms with E-state index in [4.69, 9.17) is 9.47 Å². The van der Waals surface area contributed by atoms with Crippen molar-refractivity contribution in [3.05, 3.63) is 175 Å². The summed E-state index contributed by atoms with van der Waals surface area (Å²) in [6, 6.07) is 61.7. The Balaban J connectivity index is 1.10. The van der Waals surface area contributed by atoms with Crippen LogP contribution >= 0.6 is 0 Å². The maximum Gasteiger partial charge on any atom is 0.260 e. The van der Waals surface area contributed by atoms with Crippen molar-refractivity contribution in [2.45, 2.75) is 26.2 Å². The third-order valence-corrected chi connectivity index (χ3v) is 11.7. The largest absolute Gasteiger partial charge is 0.458 e. The molecule has 0 saturated heterocycles. The summed E-state index contributed by atoms with van der Waals surface area (Å²) in [5.41, 5.74) is 11.9. The predicted octanol–water partition coefficient (Wildman–Crippen LogP) is 12.2. The van der Waals surface area contributed by atoms with Gasteiger partial charge in [0.05, 0.1) is 0 Å². The minimum absolute atomic E-state index is 0.0137. The number of ether oxygens (including phenoxy) is 2. The molecule has 9 aromatic carbocycles. The number of hydrogen-bond acceptors (Lipinski definition) is 2. The molecule has 0 radical (unpaired) electrons. The molecule has 260 valence electrons. The zero-order valence-corrected chi connectivity index (χ0v) is 31.1. The van der Waals surface area contributed by atoms with Gasteiger partial charge in [-0.1, -0.05) is 166 Å². The molecule has 0 N–H and O–H groups in total. The number of hydrogen-bond donors (Lipinski definition) is 0. The summed E-state index contributed by atoms with van der Waals surface area (Å²) in [4.78, 5) is 0. The molecule has 11 rings (SSSR count). The smallest absolute Gasteiger partial charge is 0.260 e. The molecule has 0 aliphatic carbocycles. The van der Waals surface area contributed by atoms with Gasteiger partial charge in [0.15, 0.2) is 0 Å². The van der Waals surface area contributed by atoms with Gasteiger partial charge in [0.25, 0.3) is 6.71 Å². The molecule has 2 nitrogen and oxygen atoms in total. The zero-order valence-electron chi connectivity index (χ0n) is 31.1. The number of fused-ring (bicyclic) bond motifs is 7. The van der Waals surface area contributed by atoms with Crippen molar-refractivity contribution in [1.29, 1.82) is 0 Å². The molecule has 0 unspecified atom stereocenters. The number of para-hydroxylation sites is 1. The molecule has 0 amide bonds. The Labute approximate surface area is 321 Å². The van der Waals surface area contributed by atoms with E-state index in [0.29, 0.717) is 0 Å². The predicted molar refractivity (Wildman–Crippen MR) is 232 cm³/mol. The maximum absolute atomic E-state index is 6.88. The highest BCUT2D eigenvalue weighted by Crippen LogP contribution is 2.47. The van der Waals surface area contributed by atoms with Crippen LogP contribution in [0.3, 0.4) is 0 Å². The summed E-state index contributed by atoms with van der Waals surface area (Å²) >= 11 is 0. The second kappa shape index (κ2) is 12.0. The molecular formula is C52H37BO2. The van der Waals surface area contributed by atoms with Crippen molar-refractivity contribution in [3.63, 3.8) is 0 Å². The average molecular weight is 705 g/mol. The van der Waals surface area contributed by atoms with E-state index >= 15 is 0 Å². The van der Waals surface area contributed by atoms with Gasteiger partial charge in [0.1, 0.15) is 23.0 Å². The summed E-state index contributed by atoms with van der Waals surface area (Å²) in [6.45, 7) is 6.82. The normalized spacial score (nSPS) is 12.9. The van der Waals surface area contributed by atoms with Crippen LogP contribution in [0, 0.1) is 0 Å². The molecule has 0 spiro atoms. The van der Waals surface area contributed by atoms with Crippen molar-refractivity contribution in [3.8, 4) is 56.4 Å². The number of benzene rings is 9. The first-order valence-corrected chi connectivity index (χ1v) is 19.2. The van der Waals surface area contributed by atoms with Crippen molar-refractivity contribution in [2.75, 3.05) is 0 Å². The van der Waals surface area contributed by atoms with Gasteiger partial charge in [0.2, 0.25) is 0 Å². The SMILES string of the molecule is CC(C)(C)c1ccc2c(c1)B1c3ccccc3Oc3cc(-c4c5ccccc5c(-c5ccc(-c6cccc7ccccc67)cc5)c5ccccc45)cc(c31)O2. The van der Waals surface area contributed by atoms with Crippen LogP contribution in [0.5, 0.6) is 23.0 Å². The average Bonchev–Trinajstić information content (AvgIpc) is 3.22. The van der Waals surface area contributed by atoms with Crippen LogP contribution in [0.15, 0.2) is 170 Å². The van der Waals surface area contributed by atoms with Crippen LogP contribution in [-0.4, -0.2) is 6.71 Å². The van der Waals surface area contributed by atoms with Gasteiger partial charge in [-0.15, -0.1) is 0 Å². The number of rotatable bonds is 3. The van der Waals surface area contributed by atoms with Crippen LogP contribution in [0.25, 0.3) is 65.7 Å². The molecule has 0 atom stereocenters. The topological polar surface area (TPSA) is 18.5 Å². The monoisotopic (exact) mass is 704 g/mol. The highest BCUT2D eigenvalue weighted by atomic mass is 16.5. The van der Waals surface area contributed by atoms with E-state index in [1.54, 1.807) is 0 Å². The Kier molecular flexibility index (Phi) is 6.94. The molecule has 2 aliphatic heterocycles. The molecule has 0 aromatic heterocycles. The van der Waals surface area contributed by atoms with E-state index < -0.39 is 0 Å².